The largest absolute Gasteiger partial charge is 0.389 e. The van der Waals surface area contributed by atoms with E-state index in [9.17, 15) is 5.11 Å². The van der Waals surface area contributed by atoms with E-state index in [1.807, 2.05) is 6.92 Å². The Balaban J connectivity index is 3.63. The highest BCUT2D eigenvalue weighted by Crippen LogP contribution is 2.17. The van der Waals surface area contributed by atoms with Crippen LogP contribution in [0.5, 0.6) is 0 Å². The minimum Gasteiger partial charge on any atom is -0.389 e. The normalized spacial score (nSPS) is 15.4. The van der Waals surface area contributed by atoms with Crippen LogP contribution in [-0.2, 0) is 4.74 Å². The molecule has 0 aliphatic carbocycles. The van der Waals surface area contributed by atoms with Crippen molar-refractivity contribution < 1.29 is 9.84 Å². The number of aliphatic hydroxyl groups is 1. The summed E-state index contributed by atoms with van der Waals surface area (Å²) < 4.78 is 4.93. The van der Waals surface area contributed by atoms with Gasteiger partial charge in [-0.2, -0.15) is 0 Å². The van der Waals surface area contributed by atoms with E-state index < -0.39 is 5.60 Å². The topological polar surface area (TPSA) is 41.5 Å². The summed E-state index contributed by atoms with van der Waals surface area (Å²) in [6.07, 6.45) is 3.93. The van der Waals surface area contributed by atoms with Gasteiger partial charge in [0, 0.05) is 20.2 Å². The molecule has 14 heavy (non-hydrogen) atoms. The molecule has 0 rings (SSSR count). The van der Waals surface area contributed by atoms with Crippen molar-refractivity contribution in [3.8, 4) is 0 Å². The first-order chi connectivity index (χ1) is 6.68. The van der Waals surface area contributed by atoms with E-state index in [2.05, 4.69) is 12.2 Å². The van der Waals surface area contributed by atoms with Crippen LogP contribution in [-0.4, -0.2) is 37.5 Å². The summed E-state index contributed by atoms with van der Waals surface area (Å²) in [6.45, 7) is 6.37. The minimum absolute atomic E-state index is 0.524. The van der Waals surface area contributed by atoms with Crippen LogP contribution in [0.4, 0.5) is 0 Å². The highest BCUT2D eigenvalue weighted by Gasteiger charge is 2.22. The highest BCUT2D eigenvalue weighted by molar-refractivity contribution is 4.79. The van der Waals surface area contributed by atoms with E-state index in [1.54, 1.807) is 7.11 Å². The maximum Gasteiger partial charge on any atom is 0.0769 e. The number of hydrogen-bond donors (Lipinski definition) is 2. The van der Waals surface area contributed by atoms with Gasteiger partial charge in [0.05, 0.1) is 12.2 Å². The van der Waals surface area contributed by atoms with E-state index in [4.69, 9.17) is 4.74 Å². The summed E-state index contributed by atoms with van der Waals surface area (Å²) in [6, 6.07) is 0. The smallest absolute Gasteiger partial charge is 0.0769 e. The van der Waals surface area contributed by atoms with Crippen LogP contribution in [0.2, 0.25) is 0 Å². The third-order valence-electron chi connectivity index (χ3n) is 2.59. The molecule has 0 saturated heterocycles. The maximum absolute atomic E-state index is 10.1. The van der Waals surface area contributed by atoms with Gasteiger partial charge in [-0.3, -0.25) is 0 Å². The summed E-state index contributed by atoms with van der Waals surface area (Å²) in [5.74, 6) is 0. The summed E-state index contributed by atoms with van der Waals surface area (Å²) in [4.78, 5) is 0. The molecule has 0 bridgehead atoms. The van der Waals surface area contributed by atoms with Crippen LogP contribution in [0.1, 0.15) is 39.5 Å². The Morgan fingerprint density at radius 1 is 1.36 bits per heavy atom. The van der Waals surface area contributed by atoms with Crippen LogP contribution >= 0.6 is 0 Å². The molecule has 0 aromatic carbocycles. The van der Waals surface area contributed by atoms with Gasteiger partial charge < -0.3 is 15.2 Å². The van der Waals surface area contributed by atoms with Crippen molar-refractivity contribution in [3.05, 3.63) is 0 Å². The fourth-order valence-corrected chi connectivity index (χ4v) is 1.39. The second-order valence-corrected chi connectivity index (χ2v) is 3.85. The molecule has 86 valence electrons. The van der Waals surface area contributed by atoms with E-state index in [1.165, 1.54) is 0 Å². The Morgan fingerprint density at radius 2 is 2.07 bits per heavy atom. The van der Waals surface area contributed by atoms with Gasteiger partial charge >= 0.3 is 0 Å². The fourth-order valence-electron chi connectivity index (χ4n) is 1.39. The lowest BCUT2D eigenvalue weighted by Gasteiger charge is -2.27. The molecule has 0 heterocycles. The summed E-state index contributed by atoms with van der Waals surface area (Å²) in [7, 11) is 1.69. The molecule has 0 aliphatic heterocycles. The molecular weight excluding hydrogens is 178 g/mol. The van der Waals surface area contributed by atoms with Crippen molar-refractivity contribution in [2.45, 2.75) is 45.1 Å². The summed E-state index contributed by atoms with van der Waals surface area (Å²) in [5.41, 5.74) is -0.524. The van der Waals surface area contributed by atoms with Crippen LogP contribution in [0, 0.1) is 0 Å². The second kappa shape index (κ2) is 8.21. The Hall–Kier alpha value is -0.120. The van der Waals surface area contributed by atoms with E-state index in [0.717, 1.165) is 32.2 Å². The van der Waals surface area contributed by atoms with Crippen molar-refractivity contribution >= 4 is 0 Å². The van der Waals surface area contributed by atoms with Crippen molar-refractivity contribution in [2.24, 2.45) is 0 Å². The molecule has 0 aromatic rings. The molecule has 1 atom stereocenters. The Kier molecular flexibility index (Phi) is 8.14. The van der Waals surface area contributed by atoms with Gasteiger partial charge in [-0.15, -0.1) is 0 Å². The predicted octanol–water partition coefficient (Wildman–Crippen LogP) is 1.55. The van der Waals surface area contributed by atoms with Crippen molar-refractivity contribution in [3.63, 3.8) is 0 Å². The Bertz CT molecular complexity index is 130. The van der Waals surface area contributed by atoms with Gasteiger partial charge in [0.25, 0.3) is 0 Å². The standard InChI is InChI=1S/C11H25NO2/c1-4-6-7-11(13,5-2)10-12-8-9-14-3/h12-13H,4-10H2,1-3H3. The van der Waals surface area contributed by atoms with Crippen LogP contribution in [0.3, 0.4) is 0 Å². The van der Waals surface area contributed by atoms with Gasteiger partial charge in [0.2, 0.25) is 0 Å². The molecule has 0 fully saturated rings. The molecule has 0 spiro atoms. The zero-order chi connectivity index (χ0) is 10.9. The molecule has 3 nitrogen and oxygen atoms in total. The van der Waals surface area contributed by atoms with Gasteiger partial charge in [-0.25, -0.2) is 0 Å². The molecule has 3 heteroatoms. The lowest BCUT2D eigenvalue weighted by atomic mass is 9.94. The third kappa shape index (κ3) is 6.35. The number of unbranched alkanes of at least 4 members (excludes halogenated alkanes) is 1. The first-order valence-corrected chi connectivity index (χ1v) is 5.60. The molecular formula is C11H25NO2. The molecule has 2 N–H and O–H groups in total. The number of nitrogens with one attached hydrogen (secondary N) is 1. The van der Waals surface area contributed by atoms with E-state index in [0.29, 0.717) is 13.2 Å². The fraction of sp³-hybridized carbons (Fsp3) is 1.00. The van der Waals surface area contributed by atoms with Gasteiger partial charge in [0.15, 0.2) is 0 Å². The van der Waals surface area contributed by atoms with E-state index >= 15 is 0 Å². The highest BCUT2D eigenvalue weighted by atomic mass is 16.5. The second-order valence-electron chi connectivity index (χ2n) is 3.85. The minimum atomic E-state index is -0.524. The third-order valence-corrected chi connectivity index (χ3v) is 2.59. The number of methoxy groups -OCH3 is 1. The Morgan fingerprint density at radius 3 is 2.57 bits per heavy atom. The van der Waals surface area contributed by atoms with Gasteiger partial charge in [0.1, 0.15) is 0 Å². The van der Waals surface area contributed by atoms with Crippen molar-refractivity contribution in [2.75, 3.05) is 26.8 Å². The summed E-state index contributed by atoms with van der Waals surface area (Å²) >= 11 is 0. The lowest BCUT2D eigenvalue weighted by Crippen LogP contribution is -2.41. The Labute approximate surface area is 87.8 Å². The molecule has 0 aliphatic rings. The first kappa shape index (κ1) is 13.9. The molecule has 1 unspecified atom stereocenters. The predicted molar refractivity (Wildman–Crippen MR) is 59.5 cm³/mol. The van der Waals surface area contributed by atoms with Crippen molar-refractivity contribution in [1.82, 2.24) is 5.32 Å². The van der Waals surface area contributed by atoms with Gasteiger partial charge in [-0.1, -0.05) is 26.7 Å². The lowest BCUT2D eigenvalue weighted by molar-refractivity contribution is 0.0244. The monoisotopic (exact) mass is 203 g/mol. The molecule has 0 saturated carbocycles. The van der Waals surface area contributed by atoms with E-state index in [-0.39, 0.29) is 0 Å². The molecule has 0 radical (unpaired) electrons. The molecule has 0 amide bonds. The quantitative estimate of drug-likeness (QED) is 0.559. The van der Waals surface area contributed by atoms with Crippen LogP contribution in [0.25, 0.3) is 0 Å². The SMILES string of the molecule is CCCCC(O)(CC)CNCCOC. The number of rotatable bonds is 9. The zero-order valence-corrected chi connectivity index (χ0v) is 9.81. The van der Waals surface area contributed by atoms with Crippen molar-refractivity contribution in [1.29, 1.82) is 0 Å². The zero-order valence-electron chi connectivity index (χ0n) is 9.81. The average molecular weight is 203 g/mol. The van der Waals surface area contributed by atoms with Crippen LogP contribution in [0.15, 0.2) is 0 Å². The van der Waals surface area contributed by atoms with Crippen LogP contribution < -0.4 is 5.32 Å². The average Bonchev–Trinajstić information content (AvgIpc) is 2.22. The maximum atomic E-state index is 10.1. The number of ether oxygens (including phenoxy) is 1. The first-order valence-electron chi connectivity index (χ1n) is 5.60. The number of hydrogen-bond acceptors (Lipinski definition) is 3. The van der Waals surface area contributed by atoms with Gasteiger partial charge in [-0.05, 0) is 12.8 Å². The molecule has 0 aromatic heterocycles. The summed E-state index contributed by atoms with van der Waals surface area (Å²) in [5, 5.41) is 13.4.